The Bertz CT molecular complexity index is 260. The van der Waals surface area contributed by atoms with Gasteiger partial charge in [-0.05, 0) is 18.8 Å². The first-order chi connectivity index (χ1) is 6.34. The summed E-state index contributed by atoms with van der Waals surface area (Å²) < 4.78 is 11.4. The van der Waals surface area contributed by atoms with Gasteiger partial charge >= 0.3 is 0 Å². The largest absolute Gasteiger partial charge is 0.347 e. The molecule has 13 heavy (non-hydrogen) atoms. The van der Waals surface area contributed by atoms with E-state index in [1.165, 1.54) is 6.42 Å². The van der Waals surface area contributed by atoms with Crippen molar-refractivity contribution in [3.8, 4) is 12.3 Å². The van der Waals surface area contributed by atoms with Gasteiger partial charge in [0.1, 0.15) is 0 Å². The highest BCUT2D eigenvalue weighted by Crippen LogP contribution is 2.58. The Hall–Kier alpha value is -0.520. The summed E-state index contributed by atoms with van der Waals surface area (Å²) in [5, 5.41) is 0. The van der Waals surface area contributed by atoms with E-state index in [4.69, 9.17) is 15.9 Å². The zero-order valence-electron chi connectivity index (χ0n) is 7.66. The SMILES string of the molecule is C#C[C@@H]1CC2CC3(OCCO3)[C@@H]2C1. The molecule has 1 unspecified atom stereocenters. The molecule has 2 heteroatoms. The van der Waals surface area contributed by atoms with Crippen LogP contribution < -0.4 is 0 Å². The molecule has 3 fully saturated rings. The van der Waals surface area contributed by atoms with Crippen molar-refractivity contribution in [2.45, 2.75) is 25.0 Å². The summed E-state index contributed by atoms with van der Waals surface area (Å²) in [5.41, 5.74) is 0. The lowest BCUT2D eigenvalue weighted by molar-refractivity contribution is -0.267. The molecule has 0 bridgehead atoms. The molecule has 0 aromatic heterocycles. The van der Waals surface area contributed by atoms with Crippen molar-refractivity contribution in [3.63, 3.8) is 0 Å². The molecular formula is C11H14O2. The molecule has 2 nitrogen and oxygen atoms in total. The average Bonchev–Trinajstić information content (AvgIpc) is 2.69. The van der Waals surface area contributed by atoms with Crippen LogP contribution in [0, 0.1) is 30.1 Å². The molecule has 70 valence electrons. The molecule has 1 saturated heterocycles. The highest BCUT2D eigenvalue weighted by molar-refractivity contribution is 5.10. The minimum Gasteiger partial charge on any atom is -0.347 e. The average molecular weight is 178 g/mol. The monoisotopic (exact) mass is 178 g/mol. The summed E-state index contributed by atoms with van der Waals surface area (Å²) >= 11 is 0. The van der Waals surface area contributed by atoms with Gasteiger partial charge in [-0.1, -0.05) is 0 Å². The fourth-order valence-corrected chi connectivity index (χ4v) is 3.18. The van der Waals surface area contributed by atoms with Crippen molar-refractivity contribution in [1.29, 1.82) is 0 Å². The van der Waals surface area contributed by atoms with Gasteiger partial charge in [0.05, 0.1) is 13.2 Å². The van der Waals surface area contributed by atoms with Crippen LogP contribution in [0.15, 0.2) is 0 Å². The normalized spacial score (nSPS) is 45.6. The standard InChI is InChI=1S/C11H14O2/c1-2-8-5-9-7-11(10(9)6-8)12-3-4-13-11/h1,8-10H,3-7H2/t8-,9?,10-/m1/s1. The zero-order chi connectivity index (χ0) is 8.89. The quantitative estimate of drug-likeness (QED) is 0.522. The maximum Gasteiger partial charge on any atom is 0.171 e. The second-order valence-electron chi connectivity index (χ2n) is 4.41. The molecule has 0 amide bonds. The van der Waals surface area contributed by atoms with Gasteiger partial charge in [0.15, 0.2) is 5.79 Å². The minimum atomic E-state index is -0.198. The van der Waals surface area contributed by atoms with Gasteiger partial charge < -0.3 is 9.47 Å². The Kier molecular flexibility index (Phi) is 1.51. The van der Waals surface area contributed by atoms with E-state index in [0.29, 0.717) is 11.8 Å². The number of hydrogen-bond acceptors (Lipinski definition) is 2. The molecule has 1 spiro atoms. The Morgan fingerprint density at radius 2 is 2.00 bits per heavy atom. The highest BCUT2D eigenvalue weighted by atomic mass is 16.7. The van der Waals surface area contributed by atoms with Crippen molar-refractivity contribution in [1.82, 2.24) is 0 Å². The van der Waals surface area contributed by atoms with Gasteiger partial charge in [-0.25, -0.2) is 0 Å². The molecule has 0 aromatic rings. The number of ether oxygens (including phenoxy) is 2. The van der Waals surface area contributed by atoms with Crippen molar-refractivity contribution in [2.75, 3.05) is 13.2 Å². The van der Waals surface area contributed by atoms with Crippen LogP contribution >= 0.6 is 0 Å². The summed E-state index contributed by atoms with van der Waals surface area (Å²) in [6.07, 6.45) is 8.82. The molecule has 3 atom stereocenters. The Balaban J connectivity index is 1.76. The number of terminal acetylenes is 1. The fraction of sp³-hybridized carbons (Fsp3) is 0.818. The van der Waals surface area contributed by atoms with Crippen molar-refractivity contribution < 1.29 is 9.47 Å². The van der Waals surface area contributed by atoms with Gasteiger partial charge in [-0.2, -0.15) is 0 Å². The van der Waals surface area contributed by atoms with Gasteiger partial charge in [-0.15, -0.1) is 12.3 Å². The highest BCUT2D eigenvalue weighted by Gasteiger charge is 2.61. The summed E-state index contributed by atoms with van der Waals surface area (Å²) in [5.74, 6) is 4.51. The summed E-state index contributed by atoms with van der Waals surface area (Å²) in [6, 6.07) is 0. The summed E-state index contributed by atoms with van der Waals surface area (Å²) in [7, 11) is 0. The first-order valence-electron chi connectivity index (χ1n) is 5.08. The number of fused-ring (bicyclic) bond motifs is 2. The van der Waals surface area contributed by atoms with Crippen LogP contribution in [0.25, 0.3) is 0 Å². The third-order valence-electron chi connectivity index (χ3n) is 3.82. The first kappa shape index (κ1) is 7.84. The Labute approximate surface area is 78.6 Å². The van der Waals surface area contributed by atoms with E-state index < -0.39 is 0 Å². The lowest BCUT2D eigenvalue weighted by atomic mass is 9.70. The molecule has 0 radical (unpaired) electrons. The molecule has 2 saturated carbocycles. The van der Waals surface area contributed by atoms with Crippen LogP contribution in [0.3, 0.4) is 0 Å². The number of rotatable bonds is 0. The zero-order valence-corrected chi connectivity index (χ0v) is 7.66. The lowest BCUT2D eigenvalue weighted by Gasteiger charge is -2.47. The second-order valence-corrected chi connectivity index (χ2v) is 4.41. The van der Waals surface area contributed by atoms with E-state index >= 15 is 0 Å². The second kappa shape index (κ2) is 2.50. The summed E-state index contributed by atoms with van der Waals surface area (Å²) in [4.78, 5) is 0. The number of hydrogen-bond donors (Lipinski definition) is 0. The molecule has 1 heterocycles. The topological polar surface area (TPSA) is 18.5 Å². The van der Waals surface area contributed by atoms with E-state index in [1.807, 2.05) is 0 Å². The van der Waals surface area contributed by atoms with Gasteiger partial charge in [0.25, 0.3) is 0 Å². The van der Waals surface area contributed by atoms with Crippen molar-refractivity contribution >= 4 is 0 Å². The third-order valence-corrected chi connectivity index (χ3v) is 3.82. The molecule has 1 aliphatic heterocycles. The molecule has 0 N–H and O–H groups in total. The lowest BCUT2D eigenvalue weighted by Crippen LogP contribution is -2.52. The Morgan fingerprint density at radius 1 is 1.23 bits per heavy atom. The van der Waals surface area contributed by atoms with Crippen LogP contribution in [0.2, 0.25) is 0 Å². The molecule has 0 aromatic carbocycles. The van der Waals surface area contributed by atoms with Crippen molar-refractivity contribution in [3.05, 3.63) is 0 Å². The van der Waals surface area contributed by atoms with Gasteiger partial charge in [0, 0.05) is 18.3 Å². The smallest absolute Gasteiger partial charge is 0.171 e. The van der Waals surface area contributed by atoms with E-state index in [-0.39, 0.29) is 5.79 Å². The van der Waals surface area contributed by atoms with Crippen LogP contribution in [-0.4, -0.2) is 19.0 Å². The van der Waals surface area contributed by atoms with E-state index in [2.05, 4.69) is 5.92 Å². The first-order valence-corrected chi connectivity index (χ1v) is 5.08. The minimum absolute atomic E-state index is 0.198. The van der Waals surface area contributed by atoms with Crippen LogP contribution in [-0.2, 0) is 9.47 Å². The van der Waals surface area contributed by atoms with Crippen LogP contribution in [0.5, 0.6) is 0 Å². The Morgan fingerprint density at radius 3 is 2.69 bits per heavy atom. The van der Waals surface area contributed by atoms with Crippen LogP contribution in [0.1, 0.15) is 19.3 Å². The maximum absolute atomic E-state index is 5.69. The maximum atomic E-state index is 5.69. The van der Waals surface area contributed by atoms with Gasteiger partial charge in [-0.3, -0.25) is 0 Å². The molecule has 3 aliphatic rings. The van der Waals surface area contributed by atoms with E-state index in [0.717, 1.165) is 32.0 Å². The predicted octanol–water partition coefficient (Wildman–Crippen LogP) is 1.41. The molecule has 3 rings (SSSR count). The van der Waals surface area contributed by atoms with E-state index in [9.17, 15) is 0 Å². The summed E-state index contributed by atoms with van der Waals surface area (Å²) in [6.45, 7) is 1.54. The van der Waals surface area contributed by atoms with Crippen molar-refractivity contribution in [2.24, 2.45) is 17.8 Å². The third kappa shape index (κ3) is 0.920. The van der Waals surface area contributed by atoms with Crippen LogP contribution in [0.4, 0.5) is 0 Å². The molecule has 2 aliphatic carbocycles. The van der Waals surface area contributed by atoms with E-state index in [1.54, 1.807) is 0 Å². The predicted molar refractivity (Wildman–Crippen MR) is 47.8 cm³/mol. The molecular weight excluding hydrogens is 164 g/mol. The fourth-order valence-electron chi connectivity index (χ4n) is 3.18. The van der Waals surface area contributed by atoms with Gasteiger partial charge in [0.2, 0.25) is 0 Å².